The molecule has 2 aromatic rings. The van der Waals surface area contributed by atoms with E-state index >= 15 is 0 Å². The van der Waals surface area contributed by atoms with E-state index in [1.807, 2.05) is 18.2 Å². The molecule has 0 amide bonds. The Hall–Kier alpha value is -1.82. The van der Waals surface area contributed by atoms with Gasteiger partial charge in [0.1, 0.15) is 12.4 Å². The van der Waals surface area contributed by atoms with Crippen molar-refractivity contribution < 1.29 is 9.47 Å². The summed E-state index contributed by atoms with van der Waals surface area (Å²) < 4.78 is 11.8. The highest BCUT2D eigenvalue weighted by atomic mass is 79.9. The second-order valence-corrected chi connectivity index (χ2v) is 4.56. The molecule has 5 nitrogen and oxygen atoms in total. The first-order chi connectivity index (χ1) is 9.24. The van der Waals surface area contributed by atoms with Gasteiger partial charge in [0, 0.05) is 7.05 Å². The van der Waals surface area contributed by atoms with Crippen LogP contribution in [0.25, 0.3) is 0 Å². The third-order valence-corrected chi connectivity index (χ3v) is 3.10. The first kappa shape index (κ1) is 13.6. The van der Waals surface area contributed by atoms with Crippen molar-refractivity contribution in [3.8, 4) is 11.5 Å². The topological polar surface area (TPSA) is 56.3 Å². The van der Waals surface area contributed by atoms with Crippen LogP contribution < -0.4 is 14.8 Å². The zero-order valence-corrected chi connectivity index (χ0v) is 12.3. The Labute approximate surface area is 120 Å². The Morgan fingerprint density at radius 3 is 2.74 bits per heavy atom. The van der Waals surface area contributed by atoms with Crippen LogP contribution in [-0.2, 0) is 6.61 Å². The molecule has 1 heterocycles. The van der Waals surface area contributed by atoms with E-state index in [-0.39, 0.29) is 0 Å². The molecule has 19 heavy (non-hydrogen) atoms. The van der Waals surface area contributed by atoms with Crippen molar-refractivity contribution in [1.29, 1.82) is 0 Å². The number of halogens is 1. The summed E-state index contributed by atoms with van der Waals surface area (Å²) in [5.41, 5.74) is 0.747. The minimum atomic E-state index is 0.329. The maximum atomic E-state index is 5.72. The molecule has 100 valence electrons. The lowest BCUT2D eigenvalue weighted by molar-refractivity contribution is 0.278. The summed E-state index contributed by atoms with van der Waals surface area (Å²) in [4.78, 5) is 8.42. The molecule has 0 aliphatic carbocycles. The van der Waals surface area contributed by atoms with Crippen molar-refractivity contribution >= 4 is 21.7 Å². The van der Waals surface area contributed by atoms with Crippen molar-refractivity contribution in [3.05, 3.63) is 40.8 Å². The molecule has 0 atom stereocenters. The van der Waals surface area contributed by atoms with Gasteiger partial charge in [-0.3, -0.25) is 4.98 Å². The van der Waals surface area contributed by atoms with Crippen molar-refractivity contribution in [2.75, 3.05) is 19.5 Å². The highest BCUT2D eigenvalue weighted by Gasteiger charge is 2.09. The van der Waals surface area contributed by atoms with Crippen LogP contribution in [0.1, 0.15) is 5.69 Å². The van der Waals surface area contributed by atoms with Crippen LogP contribution in [0.2, 0.25) is 0 Å². The quantitative estimate of drug-likeness (QED) is 0.916. The van der Waals surface area contributed by atoms with Crippen molar-refractivity contribution in [1.82, 2.24) is 9.97 Å². The van der Waals surface area contributed by atoms with Gasteiger partial charge < -0.3 is 14.8 Å². The second kappa shape index (κ2) is 6.38. The fourth-order valence-electron chi connectivity index (χ4n) is 1.49. The van der Waals surface area contributed by atoms with Gasteiger partial charge in [0.2, 0.25) is 0 Å². The number of hydrogen-bond acceptors (Lipinski definition) is 5. The molecule has 1 aromatic heterocycles. The molecule has 0 bridgehead atoms. The average molecular weight is 324 g/mol. The standard InChI is InChI=1S/C13H14BrN3O2/c1-15-12-7-16-9(6-17-12)8-19-13-10(14)4-3-5-11(13)18-2/h3-7H,8H2,1-2H3,(H,15,17). The van der Waals surface area contributed by atoms with Crippen LogP contribution in [0.15, 0.2) is 35.1 Å². The van der Waals surface area contributed by atoms with Gasteiger partial charge in [-0.05, 0) is 28.1 Å². The van der Waals surface area contributed by atoms with Crippen LogP contribution in [0, 0.1) is 0 Å². The highest BCUT2D eigenvalue weighted by Crippen LogP contribution is 2.35. The molecule has 0 aliphatic heterocycles. The monoisotopic (exact) mass is 323 g/mol. The number of anilines is 1. The predicted molar refractivity (Wildman–Crippen MR) is 76.6 cm³/mol. The largest absolute Gasteiger partial charge is 0.493 e. The zero-order chi connectivity index (χ0) is 13.7. The minimum Gasteiger partial charge on any atom is -0.493 e. The Kier molecular flexibility index (Phi) is 4.57. The molecule has 2 rings (SSSR count). The number of hydrogen-bond donors (Lipinski definition) is 1. The SMILES string of the molecule is CNc1cnc(COc2c(Br)cccc2OC)cn1. The molecule has 0 fully saturated rings. The first-order valence-electron chi connectivity index (χ1n) is 5.68. The smallest absolute Gasteiger partial charge is 0.175 e. The lowest BCUT2D eigenvalue weighted by Crippen LogP contribution is -2.02. The molecule has 1 aromatic carbocycles. The van der Waals surface area contributed by atoms with E-state index in [0.29, 0.717) is 18.1 Å². The van der Waals surface area contributed by atoms with Gasteiger partial charge in [0.05, 0.1) is 29.7 Å². The van der Waals surface area contributed by atoms with Crippen LogP contribution in [0.3, 0.4) is 0 Å². The lowest BCUT2D eigenvalue weighted by Gasteiger charge is -2.11. The molecule has 0 spiro atoms. The van der Waals surface area contributed by atoms with E-state index < -0.39 is 0 Å². The second-order valence-electron chi connectivity index (χ2n) is 3.70. The maximum Gasteiger partial charge on any atom is 0.175 e. The normalized spacial score (nSPS) is 10.1. The Balaban J connectivity index is 2.09. The fraction of sp³-hybridized carbons (Fsp3) is 0.231. The minimum absolute atomic E-state index is 0.329. The maximum absolute atomic E-state index is 5.72. The van der Waals surface area contributed by atoms with Gasteiger partial charge in [-0.2, -0.15) is 0 Å². The summed E-state index contributed by atoms with van der Waals surface area (Å²) in [5.74, 6) is 2.06. The number of nitrogens with zero attached hydrogens (tertiary/aromatic N) is 2. The van der Waals surface area contributed by atoms with Crippen molar-refractivity contribution in [2.24, 2.45) is 0 Å². The third-order valence-electron chi connectivity index (χ3n) is 2.48. The van der Waals surface area contributed by atoms with Gasteiger partial charge in [0.25, 0.3) is 0 Å². The summed E-state index contributed by atoms with van der Waals surface area (Å²) >= 11 is 3.43. The average Bonchev–Trinajstić information content (AvgIpc) is 2.46. The highest BCUT2D eigenvalue weighted by molar-refractivity contribution is 9.10. The number of methoxy groups -OCH3 is 1. The van der Waals surface area contributed by atoms with Gasteiger partial charge in [-0.25, -0.2) is 4.98 Å². The molecule has 0 aliphatic rings. The number of para-hydroxylation sites is 1. The van der Waals surface area contributed by atoms with Gasteiger partial charge in [0.15, 0.2) is 11.5 Å². The lowest BCUT2D eigenvalue weighted by atomic mass is 10.3. The van der Waals surface area contributed by atoms with E-state index in [4.69, 9.17) is 9.47 Å². The molecule has 0 unspecified atom stereocenters. The van der Waals surface area contributed by atoms with E-state index in [0.717, 1.165) is 16.0 Å². The zero-order valence-electron chi connectivity index (χ0n) is 10.7. The summed E-state index contributed by atoms with van der Waals surface area (Å²) in [5, 5.41) is 2.91. The Bertz CT molecular complexity index is 546. The number of nitrogens with one attached hydrogen (secondary N) is 1. The Morgan fingerprint density at radius 1 is 1.26 bits per heavy atom. The molecule has 1 N–H and O–H groups in total. The summed E-state index contributed by atoms with van der Waals surface area (Å²) in [6, 6.07) is 5.63. The van der Waals surface area contributed by atoms with Crippen LogP contribution in [0.5, 0.6) is 11.5 Å². The van der Waals surface area contributed by atoms with Gasteiger partial charge >= 0.3 is 0 Å². The summed E-state index contributed by atoms with van der Waals surface area (Å²) in [7, 11) is 3.41. The predicted octanol–water partition coefficient (Wildman–Crippen LogP) is 2.87. The van der Waals surface area contributed by atoms with Crippen LogP contribution >= 0.6 is 15.9 Å². The molecule has 0 saturated heterocycles. The molecule has 0 saturated carbocycles. The fourth-order valence-corrected chi connectivity index (χ4v) is 1.96. The van der Waals surface area contributed by atoms with E-state index in [1.54, 1.807) is 26.6 Å². The number of benzene rings is 1. The molecular formula is C13H14BrN3O2. The van der Waals surface area contributed by atoms with Gasteiger partial charge in [-0.1, -0.05) is 6.07 Å². The molecular weight excluding hydrogens is 310 g/mol. The van der Waals surface area contributed by atoms with Crippen LogP contribution in [-0.4, -0.2) is 24.1 Å². The first-order valence-corrected chi connectivity index (χ1v) is 6.48. The van der Waals surface area contributed by atoms with E-state index in [2.05, 4.69) is 31.2 Å². The number of rotatable bonds is 5. The van der Waals surface area contributed by atoms with Crippen molar-refractivity contribution in [3.63, 3.8) is 0 Å². The van der Waals surface area contributed by atoms with E-state index in [1.165, 1.54) is 0 Å². The third kappa shape index (κ3) is 3.35. The van der Waals surface area contributed by atoms with Crippen LogP contribution in [0.4, 0.5) is 5.82 Å². The number of aromatic nitrogens is 2. The molecule has 0 radical (unpaired) electrons. The van der Waals surface area contributed by atoms with E-state index in [9.17, 15) is 0 Å². The van der Waals surface area contributed by atoms with Gasteiger partial charge in [-0.15, -0.1) is 0 Å². The van der Waals surface area contributed by atoms with Crippen molar-refractivity contribution in [2.45, 2.75) is 6.61 Å². The Morgan fingerprint density at radius 2 is 2.11 bits per heavy atom. The summed E-state index contributed by atoms with van der Waals surface area (Å²) in [6.07, 6.45) is 3.34. The number of ether oxygens (including phenoxy) is 2. The summed E-state index contributed by atoms with van der Waals surface area (Å²) in [6.45, 7) is 0.329. The molecule has 6 heteroatoms.